The topological polar surface area (TPSA) is 36.7 Å². The van der Waals surface area contributed by atoms with Gasteiger partial charge in [-0.1, -0.05) is 0 Å². The summed E-state index contributed by atoms with van der Waals surface area (Å²) in [6, 6.07) is 4.45. The van der Waals surface area contributed by atoms with Crippen LogP contribution in [0.5, 0.6) is 0 Å². The first-order chi connectivity index (χ1) is 6.46. The lowest BCUT2D eigenvalue weighted by Gasteiger charge is -2.15. The van der Waals surface area contributed by atoms with E-state index in [2.05, 4.69) is 4.98 Å². The third-order valence-corrected chi connectivity index (χ3v) is 1.86. The first-order valence-electron chi connectivity index (χ1n) is 3.88. The quantitative estimate of drug-likeness (QED) is 0.698. The normalized spacial score (nSPS) is 13.4. The van der Waals surface area contributed by atoms with E-state index in [9.17, 15) is 13.2 Å². The second kappa shape index (κ2) is 3.66. The highest BCUT2D eigenvalue weighted by molar-refractivity contribution is 5.35. The molecule has 1 rings (SSSR count). The van der Waals surface area contributed by atoms with Crippen molar-refractivity contribution >= 4 is 0 Å². The fraction of sp³-hybridized carbons (Fsp3) is 0.333. The average Bonchev–Trinajstić information content (AvgIpc) is 2.15. The monoisotopic (exact) mass is 200 g/mol. The van der Waals surface area contributed by atoms with E-state index in [0.717, 1.165) is 6.92 Å². The highest BCUT2D eigenvalue weighted by Crippen LogP contribution is 2.34. The largest absolute Gasteiger partial charge is 0.397 e. The van der Waals surface area contributed by atoms with Gasteiger partial charge in [0.15, 0.2) is 0 Å². The summed E-state index contributed by atoms with van der Waals surface area (Å²) >= 11 is 0. The van der Waals surface area contributed by atoms with Crippen molar-refractivity contribution in [2.45, 2.75) is 19.0 Å². The molecule has 0 bridgehead atoms. The van der Waals surface area contributed by atoms with E-state index in [-0.39, 0.29) is 11.3 Å². The molecule has 0 aliphatic carbocycles. The van der Waals surface area contributed by atoms with Crippen molar-refractivity contribution < 1.29 is 13.2 Å². The highest BCUT2D eigenvalue weighted by Gasteiger charge is 2.39. The maximum absolute atomic E-state index is 12.3. The van der Waals surface area contributed by atoms with Crippen LogP contribution in [0.3, 0.4) is 0 Å². The minimum atomic E-state index is -4.36. The molecule has 0 saturated heterocycles. The molecule has 0 N–H and O–H groups in total. The van der Waals surface area contributed by atoms with E-state index in [1.807, 2.05) is 0 Å². The number of aromatic nitrogens is 1. The van der Waals surface area contributed by atoms with Gasteiger partial charge in [-0.05, 0) is 19.1 Å². The minimum absolute atomic E-state index is 0.0303. The number of nitrogens with zero attached hydrogens (tertiary/aromatic N) is 2. The van der Waals surface area contributed by atoms with Crippen molar-refractivity contribution in [1.82, 2.24) is 4.98 Å². The van der Waals surface area contributed by atoms with E-state index in [0.29, 0.717) is 0 Å². The maximum Gasteiger partial charge on any atom is 0.397 e. The molecular formula is C9H7F3N2. The zero-order chi connectivity index (χ0) is 10.8. The predicted octanol–water partition coefficient (Wildman–Crippen LogP) is 2.62. The number of halogens is 3. The van der Waals surface area contributed by atoms with Crippen LogP contribution in [0.15, 0.2) is 18.3 Å². The van der Waals surface area contributed by atoms with Crippen LogP contribution in [0, 0.1) is 11.3 Å². The molecule has 0 amide bonds. The summed E-state index contributed by atoms with van der Waals surface area (Å²) in [7, 11) is 0. The van der Waals surface area contributed by atoms with E-state index >= 15 is 0 Å². The second-order valence-corrected chi connectivity index (χ2v) is 2.81. The molecule has 1 aromatic heterocycles. The van der Waals surface area contributed by atoms with Gasteiger partial charge in [-0.15, -0.1) is 0 Å². The lowest BCUT2D eigenvalue weighted by Crippen LogP contribution is -2.19. The smallest absolute Gasteiger partial charge is 0.259 e. The molecule has 0 aliphatic heterocycles. The van der Waals surface area contributed by atoms with Crippen molar-refractivity contribution in [3.8, 4) is 6.07 Å². The van der Waals surface area contributed by atoms with E-state index in [4.69, 9.17) is 5.26 Å². The molecule has 1 heterocycles. The number of pyridine rings is 1. The summed E-state index contributed by atoms with van der Waals surface area (Å²) in [5.41, 5.74) is -0.250. The van der Waals surface area contributed by atoms with Crippen LogP contribution in [-0.4, -0.2) is 11.2 Å². The van der Waals surface area contributed by atoms with Gasteiger partial charge in [-0.2, -0.15) is 18.4 Å². The summed E-state index contributed by atoms with van der Waals surface area (Å²) in [6.07, 6.45) is -3.11. The van der Waals surface area contributed by atoms with Crippen molar-refractivity contribution in [1.29, 1.82) is 5.26 Å². The van der Waals surface area contributed by atoms with Gasteiger partial charge in [0.2, 0.25) is 0 Å². The van der Waals surface area contributed by atoms with E-state index in [1.165, 1.54) is 18.3 Å². The standard InChI is InChI=1S/C9H7F3N2/c1-6(9(10,11)12)8-7(5-13)3-2-4-14-8/h2-4,6H,1H3. The lowest BCUT2D eigenvalue weighted by molar-refractivity contribution is -0.147. The van der Waals surface area contributed by atoms with E-state index in [1.54, 1.807) is 6.07 Å². The fourth-order valence-corrected chi connectivity index (χ4v) is 1.01. The van der Waals surface area contributed by atoms with Crippen LogP contribution < -0.4 is 0 Å². The summed E-state index contributed by atoms with van der Waals surface area (Å²) in [6.45, 7) is 0.989. The van der Waals surface area contributed by atoms with Crippen molar-refractivity contribution in [3.05, 3.63) is 29.6 Å². The van der Waals surface area contributed by atoms with Crippen LogP contribution in [0.2, 0.25) is 0 Å². The van der Waals surface area contributed by atoms with Crippen LogP contribution in [0.25, 0.3) is 0 Å². The van der Waals surface area contributed by atoms with Gasteiger partial charge in [0.05, 0.1) is 17.2 Å². The minimum Gasteiger partial charge on any atom is -0.259 e. The lowest BCUT2D eigenvalue weighted by atomic mass is 10.0. The Bertz CT molecular complexity index is 365. The Hall–Kier alpha value is -1.57. The summed E-state index contributed by atoms with van der Waals surface area (Å²) in [4.78, 5) is 3.57. The SMILES string of the molecule is CC(c1ncccc1C#N)C(F)(F)F. The number of hydrogen-bond acceptors (Lipinski definition) is 2. The molecule has 1 unspecified atom stereocenters. The number of hydrogen-bond donors (Lipinski definition) is 0. The molecule has 0 saturated carbocycles. The third kappa shape index (κ3) is 2.02. The molecular weight excluding hydrogens is 193 g/mol. The molecule has 0 aliphatic rings. The molecule has 1 atom stereocenters. The van der Waals surface area contributed by atoms with Crippen LogP contribution >= 0.6 is 0 Å². The Morgan fingerprint density at radius 1 is 1.50 bits per heavy atom. The molecule has 0 aromatic carbocycles. The van der Waals surface area contributed by atoms with Crippen LogP contribution in [0.1, 0.15) is 24.1 Å². The molecule has 0 fully saturated rings. The van der Waals surface area contributed by atoms with Gasteiger partial charge in [0.25, 0.3) is 0 Å². The first-order valence-corrected chi connectivity index (χ1v) is 3.88. The zero-order valence-corrected chi connectivity index (χ0v) is 7.34. The third-order valence-electron chi connectivity index (χ3n) is 1.86. The highest BCUT2D eigenvalue weighted by atomic mass is 19.4. The Kier molecular flexibility index (Phi) is 2.75. The van der Waals surface area contributed by atoms with Crippen molar-refractivity contribution in [2.24, 2.45) is 0 Å². The van der Waals surface area contributed by atoms with Crippen LogP contribution in [0.4, 0.5) is 13.2 Å². The summed E-state index contributed by atoms with van der Waals surface area (Å²) < 4.78 is 36.9. The van der Waals surface area contributed by atoms with Gasteiger partial charge in [-0.25, -0.2) is 0 Å². The second-order valence-electron chi connectivity index (χ2n) is 2.81. The molecule has 5 heteroatoms. The predicted molar refractivity (Wildman–Crippen MR) is 43.4 cm³/mol. The maximum atomic E-state index is 12.3. The Balaban J connectivity index is 3.14. The zero-order valence-electron chi connectivity index (χ0n) is 7.34. The molecule has 74 valence electrons. The van der Waals surface area contributed by atoms with Gasteiger partial charge >= 0.3 is 6.18 Å². The summed E-state index contributed by atoms with van der Waals surface area (Å²) in [5.74, 6) is -1.71. The Morgan fingerprint density at radius 2 is 2.14 bits per heavy atom. The van der Waals surface area contributed by atoms with Gasteiger partial charge in [-0.3, -0.25) is 4.98 Å². The number of nitriles is 1. The van der Waals surface area contributed by atoms with Gasteiger partial charge in [0.1, 0.15) is 6.07 Å². The van der Waals surface area contributed by atoms with Crippen molar-refractivity contribution in [2.75, 3.05) is 0 Å². The van der Waals surface area contributed by atoms with Crippen molar-refractivity contribution in [3.63, 3.8) is 0 Å². The Morgan fingerprint density at radius 3 is 2.64 bits per heavy atom. The van der Waals surface area contributed by atoms with Gasteiger partial charge < -0.3 is 0 Å². The summed E-state index contributed by atoms with van der Waals surface area (Å²) in [5, 5.41) is 8.58. The fourth-order valence-electron chi connectivity index (χ4n) is 1.01. The number of alkyl halides is 3. The first kappa shape index (κ1) is 10.5. The number of rotatable bonds is 1. The van der Waals surface area contributed by atoms with Gasteiger partial charge in [0, 0.05) is 6.20 Å². The Labute approximate surface area is 79.0 Å². The molecule has 0 spiro atoms. The molecule has 2 nitrogen and oxygen atoms in total. The van der Waals surface area contributed by atoms with Crippen LogP contribution in [-0.2, 0) is 0 Å². The average molecular weight is 200 g/mol. The molecule has 0 radical (unpaired) electrons. The molecule has 14 heavy (non-hydrogen) atoms. The molecule has 1 aromatic rings. The van der Waals surface area contributed by atoms with E-state index < -0.39 is 12.1 Å².